The Morgan fingerprint density at radius 2 is 1.96 bits per heavy atom. The summed E-state index contributed by atoms with van der Waals surface area (Å²) in [6, 6.07) is 6.16. The molecule has 2 N–H and O–H groups in total. The van der Waals surface area contributed by atoms with Crippen LogP contribution in [0.15, 0.2) is 29.1 Å². The van der Waals surface area contributed by atoms with E-state index in [1.54, 1.807) is 24.3 Å². The summed E-state index contributed by atoms with van der Waals surface area (Å²) in [4.78, 5) is 37.4. The molecule has 1 saturated heterocycles. The Morgan fingerprint density at radius 1 is 1.24 bits per heavy atom. The third-order valence-corrected chi connectivity index (χ3v) is 4.37. The normalized spacial score (nSPS) is 18.0. The van der Waals surface area contributed by atoms with E-state index in [4.69, 9.17) is 0 Å². The van der Waals surface area contributed by atoms with Gasteiger partial charge in [0.15, 0.2) is 5.69 Å². The maximum atomic E-state index is 12.8. The highest BCUT2D eigenvalue weighted by Gasteiger charge is 2.25. The van der Waals surface area contributed by atoms with E-state index in [0.717, 1.165) is 12.8 Å². The molecular weight excluding hydrogens is 320 g/mol. The molecule has 1 atom stereocenters. The zero-order chi connectivity index (χ0) is 18.0. The van der Waals surface area contributed by atoms with E-state index in [-0.39, 0.29) is 23.2 Å². The third-order valence-electron chi connectivity index (χ3n) is 4.37. The number of benzene rings is 1. The first-order valence-electron chi connectivity index (χ1n) is 8.59. The van der Waals surface area contributed by atoms with Gasteiger partial charge >= 0.3 is 0 Å². The Bertz CT molecular complexity index is 872. The summed E-state index contributed by atoms with van der Waals surface area (Å²) in [6.45, 7) is 4.30. The fraction of sp³-hybridized carbons (Fsp3) is 0.444. The van der Waals surface area contributed by atoms with E-state index in [1.807, 2.05) is 13.8 Å². The maximum Gasteiger partial charge on any atom is 0.274 e. The molecule has 1 fully saturated rings. The van der Waals surface area contributed by atoms with Gasteiger partial charge in [0.2, 0.25) is 5.91 Å². The SMILES string of the molecule is CC(C)n1nc(C(=O)N[C@@H]2CCCCNC2=O)c2ccccc2c1=O. The highest BCUT2D eigenvalue weighted by atomic mass is 16.2. The van der Waals surface area contributed by atoms with E-state index >= 15 is 0 Å². The maximum absolute atomic E-state index is 12.8. The van der Waals surface area contributed by atoms with E-state index in [1.165, 1.54) is 4.68 Å². The Morgan fingerprint density at radius 3 is 2.68 bits per heavy atom. The minimum atomic E-state index is -0.574. The Balaban J connectivity index is 2.02. The predicted octanol–water partition coefficient (Wildman–Crippen LogP) is 1.38. The van der Waals surface area contributed by atoms with E-state index < -0.39 is 11.9 Å². The van der Waals surface area contributed by atoms with Crippen molar-refractivity contribution in [1.82, 2.24) is 20.4 Å². The van der Waals surface area contributed by atoms with Crippen LogP contribution in [0.4, 0.5) is 0 Å². The molecule has 3 rings (SSSR count). The van der Waals surface area contributed by atoms with E-state index in [2.05, 4.69) is 15.7 Å². The minimum absolute atomic E-state index is 0.168. The number of hydrogen-bond acceptors (Lipinski definition) is 4. The van der Waals surface area contributed by atoms with Crippen LogP contribution < -0.4 is 16.2 Å². The van der Waals surface area contributed by atoms with Crippen LogP contribution in [-0.2, 0) is 4.79 Å². The van der Waals surface area contributed by atoms with Crippen LogP contribution in [0.1, 0.15) is 49.6 Å². The van der Waals surface area contributed by atoms with Crippen LogP contribution in [0.5, 0.6) is 0 Å². The first-order valence-corrected chi connectivity index (χ1v) is 8.59. The molecule has 2 heterocycles. The van der Waals surface area contributed by atoms with Gasteiger partial charge in [-0.1, -0.05) is 18.2 Å². The van der Waals surface area contributed by atoms with Gasteiger partial charge in [-0.2, -0.15) is 5.10 Å². The summed E-state index contributed by atoms with van der Waals surface area (Å²) in [5.74, 6) is -0.611. The van der Waals surface area contributed by atoms with Gasteiger partial charge in [0.1, 0.15) is 6.04 Å². The molecule has 0 bridgehead atoms. The first kappa shape index (κ1) is 17.1. The van der Waals surface area contributed by atoms with Crippen molar-refractivity contribution in [3.63, 3.8) is 0 Å². The third kappa shape index (κ3) is 3.40. The summed E-state index contributed by atoms with van der Waals surface area (Å²) in [7, 11) is 0. The van der Waals surface area contributed by atoms with Crippen LogP contribution in [0, 0.1) is 0 Å². The topological polar surface area (TPSA) is 93.1 Å². The number of rotatable bonds is 3. The van der Waals surface area contributed by atoms with Crippen molar-refractivity contribution in [2.75, 3.05) is 6.54 Å². The van der Waals surface area contributed by atoms with Gasteiger partial charge < -0.3 is 10.6 Å². The summed E-state index contributed by atoms with van der Waals surface area (Å²) in [6.07, 6.45) is 2.36. The molecule has 0 saturated carbocycles. The van der Waals surface area contributed by atoms with Crippen molar-refractivity contribution in [3.05, 3.63) is 40.3 Å². The molecule has 0 aliphatic carbocycles. The largest absolute Gasteiger partial charge is 0.354 e. The molecule has 1 aromatic carbocycles. The molecule has 2 amide bonds. The van der Waals surface area contributed by atoms with Crippen LogP contribution in [-0.4, -0.2) is 34.2 Å². The van der Waals surface area contributed by atoms with Crippen molar-refractivity contribution < 1.29 is 9.59 Å². The molecule has 1 aliphatic rings. The zero-order valence-electron chi connectivity index (χ0n) is 14.4. The van der Waals surface area contributed by atoms with Gasteiger partial charge in [0.05, 0.1) is 11.4 Å². The van der Waals surface area contributed by atoms with Crippen LogP contribution in [0.25, 0.3) is 10.8 Å². The Kier molecular flexibility index (Phi) is 4.83. The summed E-state index contributed by atoms with van der Waals surface area (Å²) >= 11 is 0. The molecule has 0 unspecified atom stereocenters. The lowest BCUT2D eigenvalue weighted by Gasteiger charge is -2.17. The predicted molar refractivity (Wildman–Crippen MR) is 94.5 cm³/mol. The van der Waals surface area contributed by atoms with E-state index in [0.29, 0.717) is 23.7 Å². The number of nitrogens with one attached hydrogen (secondary N) is 2. The molecule has 132 valence electrons. The molecule has 0 spiro atoms. The van der Waals surface area contributed by atoms with E-state index in [9.17, 15) is 14.4 Å². The van der Waals surface area contributed by atoms with Gasteiger partial charge in [-0.05, 0) is 39.2 Å². The van der Waals surface area contributed by atoms with Crippen molar-refractivity contribution in [1.29, 1.82) is 0 Å². The molecule has 1 aliphatic heterocycles. The highest BCUT2D eigenvalue weighted by Crippen LogP contribution is 2.15. The zero-order valence-corrected chi connectivity index (χ0v) is 14.4. The monoisotopic (exact) mass is 342 g/mol. The second-order valence-electron chi connectivity index (χ2n) is 6.55. The number of fused-ring (bicyclic) bond motifs is 1. The lowest BCUT2D eigenvalue weighted by molar-refractivity contribution is -0.122. The van der Waals surface area contributed by atoms with Crippen LogP contribution in [0.2, 0.25) is 0 Å². The average Bonchev–Trinajstić information content (AvgIpc) is 2.79. The number of carbonyl (C=O) groups is 2. The average molecular weight is 342 g/mol. The summed E-state index contributed by atoms with van der Waals surface area (Å²) in [5, 5.41) is 10.8. The van der Waals surface area contributed by atoms with Crippen molar-refractivity contribution in [2.45, 2.75) is 45.2 Å². The van der Waals surface area contributed by atoms with Gasteiger partial charge in [-0.15, -0.1) is 0 Å². The number of carbonyl (C=O) groups excluding carboxylic acids is 2. The first-order chi connectivity index (χ1) is 12.0. The molecule has 25 heavy (non-hydrogen) atoms. The second kappa shape index (κ2) is 7.04. The fourth-order valence-electron chi connectivity index (χ4n) is 3.03. The standard InChI is InChI=1S/C18H22N4O3/c1-11(2)22-18(25)13-8-4-3-7-12(13)15(21-22)17(24)20-14-9-5-6-10-19-16(14)23/h3-4,7-8,11,14H,5-6,9-10H2,1-2H3,(H,19,23)(H,20,24)/t14-/m1/s1. The van der Waals surface area contributed by atoms with Gasteiger partial charge in [0.25, 0.3) is 11.5 Å². The summed E-state index contributed by atoms with van der Waals surface area (Å²) < 4.78 is 1.31. The Hall–Kier alpha value is -2.70. The number of nitrogens with zero attached hydrogens (tertiary/aromatic N) is 2. The van der Waals surface area contributed by atoms with Crippen molar-refractivity contribution in [2.24, 2.45) is 0 Å². The molecule has 7 heteroatoms. The van der Waals surface area contributed by atoms with Crippen molar-refractivity contribution >= 4 is 22.6 Å². The number of hydrogen-bond donors (Lipinski definition) is 2. The lowest BCUT2D eigenvalue weighted by Crippen LogP contribution is -2.46. The molecule has 2 aromatic rings. The quantitative estimate of drug-likeness (QED) is 0.881. The highest BCUT2D eigenvalue weighted by molar-refractivity contribution is 6.06. The second-order valence-corrected chi connectivity index (χ2v) is 6.55. The number of aromatic nitrogens is 2. The Labute approximate surface area is 145 Å². The minimum Gasteiger partial charge on any atom is -0.354 e. The van der Waals surface area contributed by atoms with Gasteiger partial charge in [-0.3, -0.25) is 14.4 Å². The molecule has 7 nitrogen and oxygen atoms in total. The van der Waals surface area contributed by atoms with Crippen LogP contribution >= 0.6 is 0 Å². The van der Waals surface area contributed by atoms with Gasteiger partial charge in [0, 0.05) is 11.9 Å². The number of amides is 2. The van der Waals surface area contributed by atoms with Crippen molar-refractivity contribution in [3.8, 4) is 0 Å². The molecule has 0 radical (unpaired) electrons. The van der Waals surface area contributed by atoms with Crippen LogP contribution in [0.3, 0.4) is 0 Å². The summed E-state index contributed by atoms with van der Waals surface area (Å²) in [5.41, 5.74) is -0.0599. The molecule has 1 aromatic heterocycles. The smallest absolute Gasteiger partial charge is 0.274 e. The van der Waals surface area contributed by atoms with Gasteiger partial charge in [-0.25, -0.2) is 4.68 Å². The lowest BCUT2D eigenvalue weighted by atomic mass is 10.1. The molecular formula is C18H22N4O3. The fourth-order valence-corrected chi connectivity index (χ4v) is 3.03.